The third-order valence-corrected chi connectivity index (χ3v) is 6.50. The predicted molar refractivity (Wildman–Crippen MR) is 147 cm³/mol. The van der Waals surface area contributed by atoms with Crippen molar-refractivity contribution in [2.75, 3.05) is 62.7 Å². The van der Waals surface area contributed by atoms with Gasteiger partial charge in [-0.2, -0.15) is 0 Å². The van der Waals surface area contributed by atoms with Crippen LogP contribution in [-0.2, 0) is 11.3 Å². The van der Waals surface area contributed by atoms with Gasteiger partial charge in [-0.25, -0.2) is 0 Å². The molecule has 0 aromatic heterocycles. The van der Waals surface area contributed by atoms with Crippen LogP contribution < -0.4 is 20.4 Å². The number of amides is 1. The predicted octanol–water partition coefficient (Wildman–Crippen LogP) is 2.76. The summed E-state index contributed by atoms with van der Waals surface area (Å²) < 4.78 is 0. The molecule has 0 bridgehead atoms. The highest BCUT2D eigenvalue weighted by atomic mass is 127. The number of aryl methyl sites for hydroxylation is 1. The number of hydrogen-bond donors (Lipinski definition) is 2. The molecular formula is C25H35IN6O. The highest BCUT2D eigenvalue weighted by Gasteiger charge is 2.21. The fraction of sp³-hybridized carbons (Fsp3) is 0.440. The Labute approximate surface area is 214 Å². The monoisotopic (exact) mass is 562 g/mol. The normalized spacial score (nSPS) is 16.9. The Morgan fingerprint density at radius 1 is 1.00 bits per heavy atom. The van der Waals surface area contributed by atoms with Gasteiger partial charge >= 0.3 is 0 Å². The van der Waals surface area contributed by atoms with Crippen LogP contribution in [-0.4, -0.2) is 69.6 Å². The van der Waals surface area contributed by atoms with Gasteiger partial charge in [0.05, 0.1) is 6.54 Å². The minimum Gasteiger partial charge on any atom is -0.368 e. The minimum absolute atomic E-state index is 0. The number of piperazine rings is 2. The maximum Gasteiger partial charge on any atom is 0.239 e. The van der Waals surface area contributed by atoms with E-state index in [0.717, 1.165) is 50.9 Å². The fourth-order valence-corrected chi connectivity index (χ4v) is 4.43. The number of anilines is 2. The topological polar surface area (TPSA) is 63.2 Å². The lowest BCUT2D eigenvalue weighted by atomic mass is 10.1. The summed E-state index contributed by atoms with van der Waals surface area (Å²) in [5, 5.41) is 6.39. The minimum atomic E-state index is 0. The second kappa shape index (κ2) is 11.6. The van der Waals surface area contributed by atoms with Crippen LogP contribution in [0, 0.1) is 13.8 Å². The van der Waals surface area contributed by atoms with Gasteiger partial charge in [0.15, 0.2) is 5.96 Å². The lowest BCUT2D eigenvalue weighted by molar-refractivity contribution is -0.120. The molecule has 0 radical (unpaired) electrons. The summed E-state index contributed by atoms with van der Waals surface area (Å²) in [5.74, 6) is 1.03. The Bertz CT molecular complexity index is 969. The van der Waals surface area contributed by atoms with Crippen molar-refractivity contribution >= 4 is 47.2 Å². The van der Waals surface area contributed by atoms with Gasteiger partial charge in [-0.1, -0.05) is 24.3 Å². The largest absolute Gasteiger partial charge is 0.368 e. The first-order valence-electron chi connectivity index (χ1n) is 11.4. The Morgan fingerprint density at radius 3 is 2.39 bits per heavy atom. The second-order valence-electron chi connectivity index (χ2n) is 8.53. The number of guanidine groups is 1. The third kappa shape index (κ3) is 6.10. The van der Waals surface area contributed by atoms with Gasteiger partial charge in [-0.3, -0.25) is 9.79 Å². The quantitative estimate of drug-likeness (QED) is 0.341. The van der Waals surface area contributed by atoms with Gasteiger partial charge in [0, 0.05) is 64.2 Å². The average molecular weight is 563 g/mol. The van der Waals surface area contributed by atoms with Gasteiger partial charge in [0.1, 0.15) is 0 Å². The van der Waals surface area contributed by atoms with Crippen LogP contribution in [0.5, 0.6) is 0 Å². The van der Waals surface area contributed by atoms with Gasteiger partial charge in [0.25, 0.3) is 0 Å². The van der Waals surface area contributed by atoms with E-state index in [1.807, 2.05) is 7.05 Å². The van der Waals surface area contributed by atoms with Crippen molar-refractivity contribution in [1.29, 1.82) is 0 Å². The fourth-order valence-electron chi connectivity index (χ4n) is 4.43. The number of hydrogen-bond acceptors (Lipinski definition) is 4. The highest BCUT2D eigenvalue weighted by Crippen LogP contribution is 2.24. The summed E-state index contributed by atoms with van der Waals surface area (Å²) in [6.45, 7) is 11.0. The SMILES string of the molecule is CN=C(NCc1ccc(N2CCNC(=O)C2)cc1)N1CCN(c2cccc(C)c2C)CC1.I. The van der Waals surface area contributed by atoms with Crippen LogP contribution in [0.4, 0.5) is 11.4 Å². The van der Waals surface area contributed by atoms with Gasteiger partial charge < -0.3 is 25.3 Å². The second-order valence-corrected chi connectivity index (χ2v) is 8.53. The van der Waals surface area contributed by atoms with Gasteiger partial charge in [0.2, 0.25) is 5.91 Å². The molecule has 2 aliphatic heterocycles. The van der Waals surface area contributed by atoms with Crippen molar-refractivity contribution < 1.29 is 4.79 Å². The summed E-state index contributed by atoms with van der Waals surface area (Å²) in [4.78, 5) is 23.1. The van der Waals surface area contributed by atoms with E-state index in [0.29, 0.717) is 13.1 Å². The number of carbonyl (C=O) groups is 1. The molecule has 7 nitrogen and oxygen atoms in total. The first-order valence-corrected chi connectivity index (χ1v) is 11.4. The van der Waals surface area contributed by atoms with E-state index in [-0.39, 0.29) is 29.9 Å². The Kier molecular flexibility index (Phi) is 8.82. The third-order valence-electron chi connectivity index (χ3n) is 6.50. The maximum atomic E-state index is 11.6. The van der Waals surface area contributed by atoms with E-state index < -0.39 is 0 Å². The molecule has 2 aromatic carbocycles. The summed E-state index contributed by atoms with van der Waals surface area (Å²) in [7, 11) is 1.85. The standard InChI is InChI=1S/C25H34N6O.HI/c1-19-5-4-6-23(20(19)2)29-13-15-30(16-14-29)25(26-3)28-17-21-7-9-22(10-8-21)31-12-11-27-24(32)18-31;/h4-10H,11-18H2,1-3H3,(H,26,28)(H,27,32);1H. The molecular weight excluding hydrogens is 527 g/mol. The van der Waals surface area contributed by atoms with Crippen molar-refractivity contribution in [3.8, 4) is 0 Å². The number of halogens is 1. The zero-order chi connectivity index (χ0) is 22.5. The first-order chi connectivity index (χ1) is 15.5. The molecule has 0 spiro atoms. The van der Waals surface area contributed by atoms with E-state index in [2.05, 4.69) is 86.6 Å². The number of benzene rings is 2. The lowest BCUT2D eigenvalue weighted by Gasteiger charge is -2.38. The summed E-state index contributed by atoms with van der Waals surface area (Å²) in [6.07, 6.45) is 0. The maximum absolute atomic E-state index is 11.6. The highest BCUT2D eigenvalue weighted by molar-refractivity contribution is 14.0. The molecule has 2 fully saturated rings. The van der Waals surface area contributed by atoms with Gasteiger partial charge in [-0.05, 0) is 48.7 Å². The van der Waals surface area contributed by atoms with Crippen LogP contribution in [0.25, 0.3) is 0 Å². The van der Waals surface area contributed by atoms with Crippen molar-refractivity contribution in [3.05, 3.63) is 59.2 Å². The molecule has 4 rings (SSSR count). The zero-order valence-electron chi connectivity index (χ0n) is 19.8. The van der Waals surface area contributed by atoms with Crippen molar-refractivity contribution in [2.45, 2.75) is 20.4 Å². The molecule has 2 aliphatic rings. The number of nitrogens with one attached hydrogen (secondary N) is 2. The Hall–Kier alpha value is -2.49. The van der Waals surface area contributed by atoms with E-state index in [1.54, 1.807) is 0 Å². The average Bonchev–Trinajstić information content (AvgIpc) is 2.82. The smallest absolute Gasteiger partial charge is 0.239 e. The molecule has 8 heteroatoms. The molecule has 0 saturated carbocycles. The lowest BCUT2D eigenvalue weighted by Crippen LogP contribution is -2.52. The van der Waals surface area contributed by atoms with Crippen molar-refractivity contribution in [2.24, 2.45) is 4.99 Å². The molecule has 33 heavy (non-hydrogen) atoms. The van der Waals surface area contributed by atoms with E-state index in [9.17, 15) is 4.79 Å². The summed E-state index contributed by atoms with van der Waals surface area (Å²) in [5.41, 5.74) is 6.36. The van der Waals surface area contributed by atoms with Crippen LogP contribution in [0.2, 0.25) is 0 Å². The molecule has 1 amide bonds. The van der Waals surface area contributed by atoms with Crippen molar-refractivity contribution in [1.82, 2.24) is 15.5 Å². The number of rotatable bonds is 4. The van der Waals surface area contributed by atoms with E-state index in [4.69, 9.17) is 0 Å². The number of nitrogens with zero attached hydrogens (tertiary/aromatic N) is 4. The Morgan fingerprint density at radius 2 is 1.73 bits per heavy atom. The summed E-state index contributed by atoms with van der Waals surface area (Å²) in [6, 6.07) is 15.0. The van der Waals surface area contributed by atoms with Gasteiger partial charge in [-0.15, -0.1) is 24.0 Å². The first kappa shape index (κ1) is 25.1. The zero-order valence-corrected chi connectivity index (χ0v) is 22.1. The molecule has 2 saturated heterocycles. The van der Waals surface area contributed by atoms with Crippen molar-refractivity contribution in [3.63, 3.8) is 0 Å². The summed E-state index contributed by atoms with van der Waals surface area (Å²) >= 11 is 0. The van der Waals surface area contributed by atoms with E-state index in [1.165, 1.54) is 22.4 Å². The Balaban J connectivity index is 0.00000306. The molecule has 0 aliphatic carbocycles. The van der Waals surface area contributed by atoms with E-state index >= 15 is 0 Å². The van der Waals surface area contributed by atoms with Crippen LogP contribution in [0.15, 0.2) is 47.5 Å². The van der Waals surface area contributed by atoms with Crippen LogP contribution in [0.3, 0.4) is 0 Å². The van der Waals surface area contributed by atoms with Crippen LogP contribution >= 0.6 is 24.0 Å². The van der Waals surface area contributed by atoms with Crippen LogP contribution in [0.1, 0.15) is 16.7 Å². The number of aliphatic imine (C=N–C) groups is 1. The molecule has 0 atom stereocenters. The molecule has 2 N–H and O–H groups in total. The molecule has 178 valence electrons. The number of carbonyl (C=O) groups excluding carboxylic acids is 1. The molecule has 2 aromatic rings. The molecule has 0 unspecified atom stereocenters. The molecule has 2 heterocycles.